The van der Waals surface area contributed by atoms with Gasteiger partial charge in [-0.2, -0.15) is 0 Å². The Morgan fingerprint density at radius 2 is 2.18 bits per heavy atom. The van der Waals surface area contributed by atoms with Crippen LogP contribution in [0.2, 0.25) is 0 Å². The lowest BCUT2D eigenvalue weighted by Crippen LogP contribution is -2.46. The normalized spacial score (nSPS) is 21.4. The Kier molecular flexibility index (Phi) is 7.77. The Balaban J connectivity index is 2.21. The first kappa shape index (κ1) is 14.9. The zero-order chi connectivity index (χ0) is 12.5. The molecule has 0 aromatic heterocycles. The average Bonchev–Trinajstić information content (AvgIpc) is 2.34. The van der Waals surface area contributed by atoms with Crippen LogP contribution in [0.3, 0.4) is 0 Å². The van der Waals surface area contributed by atoms with E-state index >= 15 is 0 Å². The van der Waals surface area contributed by atoms with E-state index in [0.29, 0.717) is 25.3 Å². The summed E-state index contributed by atoms with van der Waals surface area (Å²) in [6, 6.07) is 1.19. The van der Waals surface area contributed by atoms with Crippen LogP contribution >= 0.6 is 0 Å². The molecule has 1 atom stereocenters. The maximum atomic E-state index is 8.65. The van der Waals surface area contributed by atoms with Gasteiger partial charge >= 0.3 is 0 Å². The molecule has 0 saturated carbocycles. The molecule has 4 heteroatoms. The molecule has 0 spiro atoms. The van der Waals surface area contributed by atoms with Gasteiger partial charge < -0.3 is 15.2 Å². The molecule has 0 aromatic rings. The monoisotopic (exact) mass is 244 g/mol. The molecular weight excluding hydrogens is 216 g/mol. The Labute approximate surface area is 105 Å². The summed E-state index contributed by atoms with van der Waals surface area (Å²) in [5.41, 5.74) is 0. The molecule has 0 amide bonds. The third-order valence-electron chi connectivity index (χ3n) is 3.36. The van der Waals surface area contributed by atoms with Crippen LogP contribution in [-0.2, 0) is 4.74 Å². The number of hydrogen-bond donors (Lipinski definition) is 2. The fourth-order valence-electron chi connectivity index (χ4n) is 2.27. The first-order chi connectivity index (χ1) is 8.24. The summed E-state index contributed by atoms with van der Waals surface area (Å²) in [6.07, 6.45) is 3.96. The predicted octanol–water partition coefficient (Wildman–Crippen LogP) is 0.848. The molecule has 2 N–H and O–H groups in total. The number of nitrogens with zero attached hydrogens (tertiary/aromatic N) is 1. The third-order valence-corrected chi connectivity index (χ3v) is 3.36. The minimum atomic E-state index is 0.117. The van der Waals surface area contributed by atoms with E-state index in [0.717, 1.165) is 19.6 Å². The van der Waals surface area contributed by atoms with Gasteiger partial charge in [0.1, 0.15) is 0 Å². The lowest BCUT2D eigenvalue weighted by molar-refractivity contribution is 0.0628. The van der Waals surface area contributed by atoms with Gasteiger partial charge in [-0.05, 0) is 33.2 Å². The van der Waals surface area contributed by atoms with Gasteiger partial charge in [0.05, 0.1) is 19.8 Å². The highest BCUT2D eigenvalue weighted by molar-refractivity contribution is 4.77. The average molecular weight is 244 g/mol. The Hall–Kier alpha value is -0.160. The van der Waals surface area contributed by atoms with Gasteiger partial charge in [-0.25, -0.2) is 0 Å². The van der Waals surface area contributed by atoms with Gasteiger partial charge in [-0.3, -0.25) is 4.90 Å². The molecule has 4 nitrogen and oxygen atoms in total. The summed E-state index contributed by atoms with van der Waals surface area (Å²) in [6.45, 7) is 8.97. The Morgan fingerprint density at radius 1 is 1.35 bits per heavy atom. The van der Waals surface area contributed by atoms with Gasteiger partial charge in [0.25, 0.3) is 0 Å². The largest absolute Gasteiger partial charge is 0.394 e. The van der Waals surface area contributed by atoms with E-state index in [4.69, 9.17) is 9.84 Å². The van der Waals surface area contributed by atoms with Crippen molar-refractivity contribution in [3.63, 3.8) is 0 Å². The smallest absolute Gasteiger partial charge is 0.0698 e. The highest BCUT2D eigenvalue weighted by Crippen LogP contribution is 2.10. The second-order valence-electron chi connectivity index (χ2n) is 5.07. The first-order valence-corrected chi connectivity index (χ1v) is 6.90. The second kappa shape index (κ2) is 8.86. The van der Waals surface area contributed by atoms with Crippen molar-refractivity contribution < 1.29 is 9.84 Å². The summed E-state index contributed by atoms with van der Waals surface area (Å²) in [4.78, 5) is 2.46. The van der Waals surface area contributed by atoms with E-state index in [2.05, 4.69) is 24.1 Å². The predicted molar refractivity (Wildman–Crippen MR) is 70.3 cm³/mol. The molecule has 1 aliphatic rings. The van der Waals surface area contributed by atoms with Crippen LogP contribution in [0.4, 0.5) is 0 Å². The SMILES string of the molecule is CC(C)N(CCOCCO)CC1CCCCN1. The molecule has 1 fully saturated rings. The van der Waals surface area contributed by atoms with E-state index in [9.17, 15) is 0 Å². The Bertz CT molecular complexity index is 182. The van der Waals surface area contributed by atoms with Crippen LogP contribution in [-0.4, -0.2) is 61.5 Å². The van der Waals surface area contributed by atoms with E-state index in [1.165, 1.54) is 19.3 Å². The van der Waals surface area contributed by atoms with Gasteiger partial charge in [-0.15, -0.1) is 0 Å². The van der Waals surface area contributed by atoms with Crippen LogP contribution < -0.4 is 5.32 Å². The standard InChI is InChI=1S/C13H28N2O2/c1-12(2)15(7-9-17-10-8-16)11-13-5-3-4-6-14-13/h12-14,16H,3-11H2,1-2H3. The molecule has 0 radical (unpaired) electrons. The van der Waals surface area contributed by atoms with Crippen molar-refractivity contribution in [2.45, 2.75) is 45.2 Å². The minimum Gasteiger partial charge on any atom is -0.394 e. The summed E-state index contributed by atoms with van der Waals surface area (Å²) in [5, 5.41) is 12.2. The van der Waals surface area contributed by atoms with Gasteiger partial charge in [-0.1, -0.05) is 6.42 Å². The van der Waals surface area contributed by atoms with Crippen molar-refractivity contribution in [1.29, 1.82) is 0 Å². The number of aliphatic hydroxyl groups is 1. The van der Waals surface area contributed by atoms with Crippen molar-refractivity contribution in [2.75, 3.05) is 39.5 Å². The zero-order valence-electron chi connectivity index (χ0n) is 11.3. The number of aliphatic hydroxyl groups excluding tert-OH is 1. The van der Waals surface area contributed by atoms with Gasteiger partial charge in [0, 0.05) is 25.2 Å². The molecule has 0 aliphatic carbocycles. The molecular formula is C13H28N2O2. The van der Waals surface area contributed by atoms with Crippen molar-refractivity contribution in [2.24, 2.45) is 0 Å². The van der Waals surface area contributed by atoms with Crippen molar-refractivity contribution in [3.8, 4) is 0 Å². The van der Waals surface area contributed by atoms with Crippen LogP contribution in [0.1, 0.15) is 33.1 Å². The van der Waals surface area contributed by atoms with Gasteiger partial charge in [0.15, 0.2) is 0 Å². The minimum absolute atomic E-state index is 0.117. The second-order valence-corrected chi connectivity index (χ2v) is 5.07. The number of rotatable bonds is 8. The van der Waals surface area contributed by atoms with Gasteiger partial charge in [0.2, 0.25) is 0 Å². The van der Waals surface area contributed by atoms with Crippen molar-refractivity contribution in [3.05, 3.63) is 0 Å². The number of hydrogen-bond acceptors (Lipinski definition) is 4. The quantitative estimate of drug-likeness (QED) is 0.621. The topological polar surface area (TPSA) is 44.7 Å². The molecule has 0 aromatic carbocycles. The van der Waals surface area contributed by atoms with E-state index in [-0.39, 0.29) is 6.61 Å². The zero-order valence-corrected chi connectivity index (χ0v) is 11.3. The Morgan fingerprint density at radius 3 is 2.76 bits per heavy atom. The van der Waals surface area contributed by atoms with Crippen LogP contribution in [0.25, 0.3) is 0 Å². The molecule has 0 bridgehead atoms. The summed E-state index contributed by atoms with van der Waals surface area (Å²) < 4.78 is 5.34. The van der Waals surface area contributed by atoms with Crippen molar-refractivity contribution >= 4 is 0 Å². The summed E-state index contributed by atoms with van der Waals surface area (Å²) >= 11 is 0. The van der Waals surface area contributed by atoms with E-state index in [1.807, 2.05) is 0 Å². The molecule has 1 unspecified atom stereocenters. The van der Waals surface area contributed by atoms with Crippen molar-refractivity contribution in [1.82, 2.24) is 10.2 Å². The highest BCUT2D eigenvalue weighted by Gasteiger charge is 2.18. The third kappa shape index (κ3) is 6.36. The molecule has 1 rings (SSSR count). The number of piperidine rings is 1. The van der Waals surface area contributed by atoms with Crippen LogP contribution in [0.15, 0.2) is 0 Å². The maximum absolute atomic E-state index is 8.65. The fraction of sp³-hybridized carbons (Fsp3) is 1.00. The molecule has 1 saturated heterocycles. The molecule has 17 heavy (non-hydrogen) atoms. The molecule has 1 aliphatic heterocycles. The summed E-state index contributed by atoms with van der Waals surface area (Å²) in [7, 11) is 0. The highest BCUT2D eigenvalue weighted by atomic mass is 16.5. The number of nitrogens with one attached hydrogen (secondary N) is 1. The first-order valence-electron chi connectivity index (χ1n) is 6.90. The van der Waals surface area contributed by atoms with E-state index < -0.39 is 0 Å². The number of ether oxygens (including phenoxy) is 1. The fourth-order valence-corrected chi connectivity index (χ4v) is 2.27. The van der Waals surface area contributed by atoms with Crippen LogP contribution in [0.5, 0.6) is 0 Å². The lowest BCUT2D eigenvalue weighted by atomic mass is 10.0. The molecule has 102 valence electrons. The summed E-state index contributed by atoms with van der Waals surface area (Å²) in [5.74, 6) is 0. The maximum Gasteiger partial charge on any atom is 0.0698 e. The van der Waals surface area contributed by atoms with Crippen LogP contribution in [0, 0.1) is 0 Å². The lowest BCUT2D eigenvalue weighted by Gasteiger charge is -2.33. The molecule has 1 heterocycles. The van der Waals surface area contributed by atoms with E-state index in [1.54, 1.807) is 0 Å².